The molecule has 0 atom stereocenters. The monoisotopic (exact) mass is 1620 g/mol. The Bertz CT molecular complexity index is 5520. The number of benzene rings is 12. The molecule has 17 rings (SSSR count). The molecule has 2 aliphatic rings. The standard InChI is InChI=1S/C45H25F4N3O4P2.C21H13I2N3.C12H6F2O2P/c46-29-10-18-35-39(22-29)57(53,40-23-30(47)11-19-36(40)55-35)33-14-6-27(7-15-33)44-50-43(26-4-2-1-3-5-26)51-45(52-44)28-8-16-34(17-9-28)58(54)41-24-31(48)12-20-37(41)56-38-21-13-32(49)25-42(38)58;22-17-10-6-15(7-11-17)20-24-19(14-4-2-1-3-5-14)25-21(26-20)16-8-12-18(23)13-9-16;13-7-1-3-9-11(5-7)17(15)12-6-8(14)2-4-10(12)16-9/h1-25H;1-13H;1-6H/q;;+1. The van der Waals surface area contributed by atoms with Gasteiger partial charge in [-0.15, -0.1) is 0 Å². The van der Waals surface area contributed by atoms with Crippen LogP contribution in [0, 0.1) is 42.0 Å². The molecular weight excluding hydrogens is 1580 g/mol. The predicted octanol–water partition coefficient (Wildman–Crippen LogP) is 19.6. The Kier molecular flexibility index (Phi) is 18.2. The van der Waals surface area contributed by atoms with E-state index in [0.717, 1.165) is 53.1 Å². The van der Waals surface area contributed by atoms with Gasteiger partial charge in [-0.1, -0.05) is 138 Å². The number of ether oxygens (including phenoxy) is 2. The molecule has 0 saturated carbocycles. The van der Waals surface area contributed by atoms with E-state index in [1.165, 1.54) is 79.9 Å². The summed E-state index contributed by atoms with van der Waals surface area (Å²) in [4.78, 5) is 28.5. The van der Waals surface area contributed by atoms with Gasteiger partial charge in [-0.3, -0.25) is 0 Å². The topological polar surface area (TPSA) is 160 Å². The zero-order valence-corrected chi connectivity index (χ0v) is 58.9. The maximum Gasteiger partial charge on any atom is 0.423 e. The second-order valence-corrected chi connectivity index (χ2v) is 32.4. The first-order chi connectivity index (χ1) is 48.9. The Balaban J connectivity index is 0.000000156. The number of hydrogen-bond acceptors (Lipinski definition) is 12. The van der Waals surface area contributed by atoms with Gasteiger partial charge >= 0.3 is 7.41 Å². The third-order valence-electron chi connectivity index (χ3n) is 16.5. The number of nitrogens with zero attached hydrogens (tertiary/aromatic N) is 6. The summed E-state index contributed by atoms with van der Waals surface area (Å²) in [6, 6.07) is 71.6. The van der Waals surface area contributed by atoms with E-state index in [9.17, 15) is 30.9 Å². The van der Waals surface area contributed by atoms with E-state index in [1.54, 1.807) is 48.5 Å². The molecule has 0 N–H and O–H groups in total. The van der Waals surface area contributed by atoms with Gasteiger partial charge in [-0.25, -0.2) is 56.2 Å². The summed E-state index contributed by atoms with van der Waals surface area (Å²) in [5, 5.41) is 1.61. The van der Waals surface area contributed by atoms with Gasteiger partial charge in [-0.2, -0.15) is 0 Å². The van der Waals surface area contributed by atoms with Crippen LogP contribution in [0.3, 0.4) is 0 Å². The van der Waals surface area contributed by atoms with Crippen molar-refractivity contribution in [2.75, 3.05) is 0 Å². The minimum absolute atomic E-state index is 0.112. The zero-order valence-electron chi connectivity index (χ0n) is 51.9. The molecule has 23 heteroatoms. The molecule has 0 aliphatic carbocycles. The fraction of sp³-hybridized carbons (Fsp3) is 0. The highest BCUT2D eigenvalue weighted by Crippen LogP contribution is 2.54. The Morgan fingerprint density at radius 2 is 0.545 bits per heavy atom. The first kappa shape index (κ1) is 66.5. The fourth-order valence-corrected chi connectivity index (χ4v) is 19.4. The number of aromatic nitrogens is 6. The van der Waals surface area contributed by atoms with Crippen molar-refractivity contribution in [2.24, 2.45) is 0 Å². The average molecular weight is 1620 g/mol. The number of fused-ring (bicyclic) bond motifs is 6. The molecule has 0 spiro atoms. The Morgan fingerprint density at radius 3 is 0.832 bits per heavy atom. The molecular formula is C78H44F6I2N6O6P3+. The van der Waals surface area contributed by atoms with Gasteiger partial charge < -0.3 is 23.0 Å². The van der Waals surface area contributed by atoms with E-state index in [0.29, 0.717) is 61.8 Å². The maximum atomic E-state index is 15.1. The zero-order chi connectivity index (χ0) is 69.7. The van der Waals surface area contributed by atoms with Gasteiger partial charge in [0.25, 0.3) is 0 Å². The first-order valence-corrected chi connectivity index (χ1v) is 37.6. The lowest BCUT2D eigenvalue weighted by molar-refractivity contribution is 0.481. The molecule has 0 fully saturated rings. The van der Waals surface area contributed by atoms with Gasteiger partial charge in [0.05, 0.1) is 21.2 Å². The normalized spacial score (nSPS) is 12.8. The van der Waals surface area contributed by atoms with Crippen molar-refractivity contribution in [2.45, 2.75) is 0 Å². The van der Waals surface area contributed by atoms with Gasteiger partial charge in [0.1, 0.15) is 57.9 Å². The molecule has 15 aromatic rings. The summed E-state index contributed by atoms with van der Waals surface area (Å²) >= 11 is 4.59. The fourth-order valence-electron chi connectivity index (χ4n) is 11.6. The Morgan fingerprint density at radius 1 is 0.297 bits per heavy atom. The predicted molar refractivity (Wildman–Crippen MR) is 398 cm³/mol. The molecule has 492 valence electrons. The molecule has 12 nitrogen and oxygen atoms in total. The van der Waals surface area contributed by atoms with E-state index in [-0.39, 0.29) is 66.1 Å². The second kappa shape index (κ2) is 27.6. The van der Waals surface area contributed by atoms with E-state index in [1.807, 2.05) is 84.9 Å². The highest BCUT2D eigenvalue weighted by atomic mass is 127. The van der Waals surface area contributed by atoms with Crippen LogP contribution >= 0.6 is 66.9 Å². The van der Waals surface area contributed by atoms with Crippen molar-refractivity contribution >= 4 is 120 Å². The van der Waals surface area contributed by atoms with Crippen LogP contribution in [0.5, 0.6) is 23.0 Å². The number of rotatable bonds is 8. The molecule has 3 aromatic heterocycles. The van der Waals surface area contributed by atoms with Crippen LogP contribution in [0.1, 0.15) is 0 Å². The molecule has 0 bridgehead atoms. The third kappa shape index (κ3) is 13.3. The van der Waals surface area contributed by atoms with Gasteiger partial charge in [-0.05, 0) is 167 Å². The van der Waals surface area contributed by atoms with Crippen LogP contribution in [-0.4, -0.2) is 29.9 Å². The van der Waals surface area contributed by atoms with Crippen LogP contribution in [0.15, 0.2) is 271 Å². The van der Waals surface area contributed by atoms with Crippen LogP contribution in [0.25, 0.3) is 89.7 Å². The Hall–Kier alpha value is -10.3. The minimum Gasteiger partial charge on any atom is -0.456 e. The van der Waals surface area contributed by atoms with Crippen molar-refractivity contribution in [1.29, 1.82) is 0 Å². The lowest BCUT2D eigenvalue weighted by Crippen LogP contribution is -2.31. The third-order valence-corrected chi connectivity index (χ3v) is 25.7. The Labute approximate surface area is 599 Å². The van der Waals surface area contributed by atoms with Crippen molar-refractivity contribution < 1.29 is 53.9 Å². The number of hydrogen-bond donors (Lipinski definition) is 0. The highest BCUT2D eigenvalue weighted by molar-refractivity contribution is 14.1. The highest BCUT2D eigenvalue weighted by Gasteiger charge is 2.42. The second-order valence-electron chi connectivity index (χ2n) is 22.9. The molecule has 0 radical (unpaired) electrons. The van der Waals surface area contributed by atoms with E-state index in [4.69, 9.17) is 43.8 Å². The lowest BCUT2D eigenvalue weighted by Gasteiger charge is -2.29. The summed E-state index contributed by atoms with van der Waals surface area (Å²) < 4.78 is 147. The van der Waals surface area contributed by atoms with E-state index in [2.05, 4.69) is 69.4 Å². The van der Waals surface area contributed by atoms with Crippen molar-refractivity contribution in [3.05, 3.63) is 309 Å². The smallest absolute Gasteiger partial charge is 0.423 e. The molecule has 5 heterocycles. The molecule has 101 heavy (non-hydrogen) atoms. The van der Waals surface area contributed by atoms with Crippen LogP contribution < -0.4 is 41.3 Å². The average Bonchev–Trinajstić information content (AvgIpc) is 0.727. The van der Waals surface area contributed by atoms with Gasteiger partial charge in [0.15, 0.2) is 60.4 Å². The molecule has 0 saturated heterocycles. The van der Waals surface area contributed by atoms with Crippen molar-refractivity contribution in [3.63, 3.8) is 0 Å². The van der Waals surface area contributed by atoms with Crippen molar-refractivity contribution in [3.8, 4) is 91.3 Å². The molecule has 12 aromatic carbocycles. The minimum atomic E-state index is -3.82. The quantitative estimate of drug-likeness (QED) is 0.0614. The van der Waals surface area contributed by atoms with E-state index >= 15 is 9.13 Å². The van der Waals surface area contributed by atoms with Crippen LogP contribution in [0.4, 0.5) is 26.3 Å². The first-order valence-electron chi connectivity index (χ1n) is 30.8. The van der Waals surface area contributed by atoms with Crippen LogP contribution in [-0.2, 0) is 13.7 Å². The van der Waals surface area contributed by atoms with Gasteiger partial charge in [0.2, 0.25) is 10.2 Å². The van der Waals surface area contributed by atoms with E-state index < -0.39 is 56.6 Å². The summed E-state index contributed by atoms with van der Waals surface area (Å²) in [5.74, 6) is 0.352. The largest absolute Gasteiger partial charge is 0.456 e. The molecule has 0 amide bonds. The number of halogens is 8. The van der Waals surface area contributed by atoms with Crippen molar-refractivity contribution in [1.82, 2.24) is 29.9 Å². The summed E-state index contributed by atoms with van der Waals surface area (Å²) in [5.41, 5.74) is 5.42. The summed E-state index contributed by atoms with van der Waals surface area (Å²) in [6.07, 6.45) is 0. The van der Waals surface area contributed by atoms with Crippen LogP contribution in [0.2, 0.25) is 0 Å². The lowest BCUT2D eigenvalue weighted by atomic mass is 10.1. The summed E-state index contributed by atoms with van der Waals surface area (Å²) in [6.45, 7) is 0. The molecule has 0 unspecified atom stereocenters. The SMILES string of the molecule is Ic1ccc(-c2nc(-c3ccccc3)nc(-c3ccc(I)cc3)n2)cc1.O=P1(c2ccc(-c3nc(-c4ccccc4)nc(-c4ccc(P5(=O)c6cc(F)ccc6Oc6ccc(F)cc65)cc4)n3)cc2)c2cc(F)ccc2Oc2ccc(F)cc21.O=[p+]1c2cc(F)ccc2oc2ccc(F)cc21. The summed E-state index contributed by atoms with van der Waals surface area (Å²) in [7, 11) is -9.66. The maximum absolute atomic E-state index is 15.1. The van der Waals surface area contributed by atoms with Gasteiger partial charge in [0, 0.05) is 63.3 Å². The molecule has 2 aliphatic heterocycles.